The summed E-state index contributed by atoms with van der Waals surface area (Å²) in [4.78, 5) is 39.1. The minimum atomic E-state index is -0.710. The number of amides is 2. The van der Waals surface area contributed by atoms with E-state index in [4.69, 9.17) is 39.5 Å². The van der Waals surface area contributed by atoms with Gasteiger partial charge in [-0.15, -0.1) is 0 Å². The summed E-state index contributed by atoms with van der Waals surface area (Å²) in [5.74, 6) is -1.49. The van der Waals surface area contributed by atoms with Crippen molar-refractivity contribution in [3.05, 3.63) is 111 Å². The summed E-state index contributed by atoms with van der Waals surface area (Å²) in [6, 6.07) is 23.7. The number of hydrogen-bond acceptors (Lipinski definition) is 5. The van der Waals surface area contributed by atoms with Crippen LogP contribution in [0.3, 0.4) is 0 Å². The highest BCUT2D eigenvalue weighted by Gasteiger charge is 2.39. The van der Waals surface area contributed by atoms with Gasteiger partial charge in [0.05, 0.1) is 11.3 Å². The van der Waals surface area contributed by atoms with E-state index < -0.39 is 17.8 Å². The second kappa shape index (κ2) is 9.66. The van der Waals surface area contributed by atoms with E-state index in [0.29, 0.717) is 17.0 Å². The number of benzene rings is 4. The molecule has 0 atom stereocenters. The maximum Gasteiger partial charge on any atom is 0.343 e. The summed E-state index contributed by atoms with van der Waals surface area (Å²) < 4.78 is 5.50. The van der Waals surface area contributed by atoms with E-state index in [-0.39, 0.29) is 26.5 Å². The first kappa shape index (κ1) is 23.9. The summed E-state index contributed by atoms with van der Waals surface area (Å²) in [6.45, 7) is 0. The maximum atomic E-state index is 13.0. The van der Waals surface area contributed by atoms with Crippen molar-refractivity contribution in [3.8, 4) is 5.75 Å². The van der Waals surface area contributed by atoms with Crippen LogP contribution < -0.4 is 15.0 Å². The van der Waals surface area contributed by atoms with Gasteiger partial charge in [0.2, 0.25) is 0 Å². The molecule has 0 aliphatic carbocycles. The third kappa shape index (κ3) is 4.66. The summed E-state index contributed by atoms with van der Waals surface area (Å²) >= 11 is 18.2. The third-order valence-electron chi connectivity index (χ3n) is 5.45. The molecule has 0 aromatic heterocycles. The van der Waals surface area contributed by atoms with E-state index >= 15 is 0 Å². The van der Waals surface area contributed by atoms with Crippen LogP contribution in [0.1, 0.15) is 10.4 Å². The molecule has 36 heavy (non-hydrogen) atoms. The Morgan fingerprint density at radius 2 is 1.42 bits per heavy atom. The molecule has 0 unspecified atom stereocenters. The zero-order valence-corrected chi connectivity index (χ0v) is 20.6. The number of fused-ring (bicyclic) bond motifs is 1. The maximum absolute atomic E-state index is 13.0. The highest BCUT2D eigenvalue weighted by Crippen LogP contribution is 2.33. The fraction of sp³-hybridized carbons (Fsp3) is 0. The molecule has 178 valence electrons. The zero-order chi connectivity index (χ0) is 25.4. The lowest BCUT2D eigenvalue weighted by Crippen LogP contribution is -2.32. The molecule has 0 saturated heterocycles. The van der Waals surface area contributed by atoms with Gasteiger partial charge < -0.3 is 10.1 Å². The van der Waals surface area contributed by atoms with Gasteiger partial charge in [0.1, 0.15) is 16.5 Å². The van der Waals surface area contributed by atoms with E-state index in [1.54, 1.807) is 24.3 Å². The first-order chi connectivity index (χ1) is 17.3. The van der Waals surface area contributed by atoms with Gasteiger partial charge in [-0.2, -0.15) is 0 Å². The van der Waals surface area contributed by atoms with Crippen LogP contribution in [0.4, 0.5) is 11.4 Å². The minimum Gasteiger partial charge on any atom is -0.423 e. The monoisotopic (exact) mass is 536 g/mol. The van der Waals surface area contributed by atoms with Crippen molar-refractivity contribution in [1.82, 2.24) is 0 Å². The molecule has 4 aromatic carbocycles. The van der Waals surface area contributed by atoms with Crippen molar-refractivity contribution < 1.29 is 19.1 Å². The predicted molar refractivity (Wildman–Crippen MR) is 141 cm³/mol. The van der Waals surface area contributed by atoms with Crippen LogP contribution in [0.2, 0.25) is 10.0 Å². The highest BCUT2D eigenvalue weighted by molar-refractivity contribution is 6.53. The van der Waals surface area contributed by atoms with Crippen molar-refractivity contribution in [2.75, 3.05) is 10.2 Å². The van der Waals surface area contributed by atoms with E-state index in [2.05, 4.69) is 5.32 Å². The summed E-state index contributed by atoms with van der Waals surface area (Å²) in [7, 11) is 0. The van der Waals surface area contributed by atoms with Crippen LogP contribution in [0.15, 0.2) is 95.7 Å². The first-order valence-electron chi connectivity index (χ1n) is 10.6. The van der Waals surface area contributed by atoms with Crippen molar-refractivity contribution in [3.63, 3.8) is 0 Å². The second-order valence-corrected chi connectivity index (χ2v) is 9.11. The predicted octanol–water partition coefficient (Wildman–Crippen LogP) is 6.80. The minimum absolute atomic E-state index is 0.107. The van der Waals surface area contributed by atoms with Crippen LogP contribution in [-0.2, 0) is 9.59 Å². The number of nitrogens with one attached hydrogen (secondary N) is 1. The van der Waals surface area contributed by atoms with Gasteiger partial charge >= 0.3 is 5.97 Å². The zero-order valence-electron chi connectivity index (χ0n) is 18.3. The molecule has 0 bridgehead atoms. The number of nitrogens with zero attached hydrogens (tertiary/aromatic N) is 1. The Labute approximate surface area is 220 Å². The standard InChI is InChI=1S/C27H15Cl3N2O4/c28-18-12-19(29)14-21(13-18)32-25(33)23(30)24(26(32)34)31-20-8-5-16(6-9-20)27(35)36-22-10-7-15-3-1-2-4-17(15)11-22/h1-14,31H. The number of carbonyl (C=O) groups excluding carboxylic acids is 3. The van der Waals surface area contributed by atoms with E-state index in [1.165, 1.54) is 30.3 Å². The topological polar surface area (TPSA) is 75.7 Å². The molecule has 5 rings (SSSR count). The molecular weight excluding hydrogens is 523 g/mol. The Morgan fingerprint density at radius 1 is 0.750 bits per heavy atom. The Kier molecular flexibility index (Phi) is 6.41. The molecule has 0 spiro atoms. The normalized spacial score (nSPS) is 13.5. The fourth-order valence-corrected chi connectivity index (χ4v) is 4.47. The van der Waals surface area contributed by atoms with Crippen LogP contribution in [0.5, 0.6) is 5.75 Å². The van der Waals surface area contributed by atoms with Crippen molar-refractivity contribution >= 4 is 74.7 Å². The van der Waals surface area contributed by atoms with Crippen LogP contribution in [0.25, 0.3) is 10.8 Å². The molecule has 0 saturated carbocycles. The number of anilines is 2. The Bertz CT molecular complexity index is 1560. The molecule has 2 amide bonds. The Morgan fingerprint density at radius 3 is 2.11 bits per heavy atom. The van der Waals surface area contributed by atoms with Gasteiger partial charge in [-0.25, -0.2) is 9.69 Å². The highest BCUT2D eigenvalue weighted by atomic mass is 35.5. The molecular formula is C27H15Cl3N2O4. The number of esters is 1. The number of carbonyl (C=O) groups is 3. The van der Waals surface area contributed by atoms with E-state index in [9.17, 15) is 14.4 Å². The SMILES string of the molecule is O=C(Oc1ccc2ccccc2c1)c1ccc(NC2=C(Cl)C(=O)N(c3cc(Cl)cc(Cl)c3)C2=O)cc1. The number of imide groups is 1. The van der Waals surface area contributed by atoms with Crippen molar-refractivity contribution in [1.29, 1.82) is 0 Å². The van der Waals surface area contributed by atoms with Gasteiger partial charge in [0, 0.05) is 15.7 Å². The van der Waals surface area contributed by atoms with Crippen LogP contribution in [0, 0.1) is 0 Å². The summed E-state index contributed by atoms with van der Waals surface area (Å²) in [6.07, 6.45) is 0. The first-order valence-corrected chi connectivity index (χ1v) is 11.8. The molecule has 1 aliphatic heterocycles. The molecule has 1 aliphatic rings. The molecule has 1 N–H and O–H groups in total. The van der Waals surface area contributed by atoms with E-state index in [1.807, 2.05) is 30.3 Å². The molecule has 0 radical (unpaired) electrons. The molecule has 9 heteroatoms. The lowest BCUT2D eigenvalue weighted by molar-refractivity contribution is -0.120. The Balaban J connectivity index is 1.30. The van der Waals surface area contributed by atoms with Crippen LogP contribution >= 0.6 is 34.8 Å². The fourth-order valence-electron chi connectivity index (χ4n) is 3.75. The van der Waals surface area contributed by atoms with Gasteiger partial charge in [-0.3, -0.25) is 9.59 Å². The van der Waals surface area contributed by atoms with Crippen molar-refractivity contribution in [2.24, 2.45) is 0 Å². The third-order valence-corrected chi connectivity index (χ3v) is 6.24. The molecule has 1 heterocycles. The molecule has 0 fully saturated rings. The average Bonchev–Trinajstić information content (AvgIpc) is 3.06. The number of hydrogen-bond donors (Lipinski definition) is 1. The quantitative estimate of drug-likeness (QED) is 0.172. The lowest BCUT2D eigenvalue weighted by Gasteiger charge is -2.16. The Hall–Kier alpha value is -3.84. The van der Waals surface area contributed by atoms with Crippen LogP contribution in [-0.4, -0.2) is 17.8 Å². The van der Waals surface area contributed by atoms with Crippen molar-refractivity contribution in [2.45, 2.75) is 0 Å². The number of ether oxygens (including phenoxy) is 1. The van der Waals surface area contributed by atoms with Gasteiger partial charge in [0.25, 0.3) is 11.8 Å². The number of rotatable bonds is 5. The second-order valence-electron chi connectivity index (χ2n) is 7.86. The smallest absolute Gasteiger partial charge is 0.343 e. The molecule has 4 aromatic rings. The summed E-state index contributed by atoms with van der Waals surface area (Å²) in [5.41, 5.74) is 0.837. The van der Waals surface area contributed by atoms with Gasteiger partial charge in [0.15, 0.2) is 0 Å². The van der Waals surface area contributed by atoms with Gasteiger partial charge in [-0.05, 0) is 65.4 Å². The van der Waals surface area contributed by atoms with Gasteiger partial charge in [-0.1, -0.05) is 65.1 Å². The average molecular weight is 538 g/mol. The van der Waals surface area contributed by atoms with E-state index in [0.717, 1.165) is 15.7 Å². The summed E-state index contributed by atoms with van der Waals surface area (Å²) in [5, 5.41) is 5.10. The largest absolute Gasteiger partial charge is 0.423 e. The molecule has 6 nitrogen and oxygen atoms in total. The lowest BCUT2D eigenvalue weighted by atomic mass is 10.1. The number of halogens is 3.